The van der Waals surface area contributed by atoms with E-state index in [9.17, 15) is 4.39 Å². The highest BCUT2D eigenvalue weighted by molar-refractivity contribution is 9.10. The summed E-state index contributed by atoms with van der Waals surface area (Å²) in [7, 11) is 0. The third-order valence-electron chi connectivity index (χ3n) is 2.50. The average Bonchev–Trinajstić information content (AvgIpc) is 2.35. The van der Waals surface area contributed by atoms with E-state index >= 15 is 0 Å². The van der Waals surface area contributed by atoms with Gasteiger partial charge in [0.2, 0.25) is 0 Å². The quantitative estimate of drug-likeness (QED) is 0.889. The van der Waals surface area contributed by atoms with Gasteiger partial charge in [-0.1, -0.05) is 24.3 Å². The van der Waals surface area contributed by atoms with Gasteiger partial charge >= 0.3 is 0 Å². The number of halogens is 2. The summed E-state index contributed by atoms with van der Waals surface area (Å²) in [6, 6.07) is 15.2. The van der Waals surface area contributed by atoms with E-state index in [1.165, 1.54) is 6.07 Å². The number of hydrogen-bond acceptors (Lipinski definition) is 1. The van der Waals surface area contributed by atoms with Gasteiger partial charge in [-0.05, 0) is 52.2 Å². The van der Waals surface area contributed by atoms with Crippen molar-refractivity contribution in [1.29, 1.82) is 0 Å². The minimum Gasteiger partial charge on any atom is -0.385 e. The van der Waals surface area contributed by atoms with Crippen LogP contribution in [0.4, 0.5) is 10.1 Å². The van der Waals surface area contributed by atoms with E-state index in [1.54, 1.807) is 0 Å². The van der Waals surface area contributed by atoms with Crippen LogP contribution in [0.2, 0.25) is 0 Å². The molecule has 0 atom stereocenters. The van der Waals surface area contributed by atoms with Crippen LogP contribution in [-0.4, -0.2) is 6.54 Å². The maximum atomic E-state index is 13.0. The highest BCUT2D eigenvalue weighted by Gasteiger charge is 2.00. The lowest BCUT2D eigenvalue weighted by atomic mass is 10.1. The van der Waals surface area contributed by atoms with Crippen LogP contribution >= 0.6 is 15.9 Å². The van der Waals surface area contributed by atoms with Crippen molar-refractivity contribution < 1.29 is 4.39 Å². The average molecular weight is 294 g/mol. The smallest absolute Gasteiger partial charge is 0.137 e. The van der Waals surface area contributed by atoms with E-state index in [0.717, 1.165) is 24.2 Å². The molecule has 0 fully saturated rings. The minimum absolute atomic E-state index is 0.218. The summed E-state index contributed by atoms with van der Waals surface area (Å²) in [6.45, 7) is 0.835. The molecular weight excluding hydrogens is 281 g/mol. The molecule has 0 aliphatic carbocycles. The SMILES string of the molecule is Fc1ccc(CCNc2ccccc2)cc1Br. The fraction of sp³-hybridized carbons (Fsp3) is 0.143. The second-order valence-electron chi connectivity index (χ2n) is 3.79. The summed E-state index contributed by atoms with van der Waals surface area (Å²) < 4.78 is 13.5. The Labute approximate surface area is 109 Å². The lowest BCUT2D eigenvalue weighted by Gasteiger charge is -2.06. The highest BCUT2D eigenvalue weighted by atomic mass is 79.9. The first-order valence-corrected chi connectivity index (χ1v) is 6.28. The number of rotatable bonds is 4. The van der Waals surface area contributed by atoms with Crippen molar-refractivity contribution in [1.82, 2.24) is 0 Å². The Hall–Kier alpha value is -1.35. The fourth-order valence-electron chi connectivity index (χ4n) is 1.60. The molecule has 3 heteroatoms. The molecule has 17 heavy (non-hydrogen) atoms. The van der Waals surface area contributed by atoms with Gasteiger partial charge in [0, 0.05) is 12.2 Å². The van der Waals surface area contributed by atoms with Crippen LogP contribution in [0.25, 0.3) is 0 Å². The summed E-state index contributed by atoms with van der Waals surface area (Å²) in [6.07, 6.45) is 0.869. The van der Waals surface area contributed by atoms with Crippen molar-refractivity contribution in [2.75, 3.05) is 11.9 Å². The lowest BCUT2D eigenvalue weighted by molar-refractivity contribution is 0.620. The zero-order chi connectivity index (χ0) is 12.1. The van der Waals surface area contributed by atoms with Crippen LogP contribution in [0.1, 0.15) is 5.56 Å². The third kappa shape index (κ3) is 3.56. The van der Waals surface area contributed by atoms with E-state index in [4.69, 9.17) is 0 Å². The maximum Gasteiger partial charge on any atom is 0.137 e. The number of nitrogens with one attached hydrogen (secondary N) is 1. The second-order valence-corrected chi connectivity index (χ2v) is 4.65. The standard InChI is InChI=1S/C14H13BrFN/c15-13-10-11(6-7-14(13)16)8-9-17-12-4-2-1-3-5-12/h1-7,10,17H,8-9H2. The van der Waals surface area contributed by atoms with Crippen molar-refractivity contribution >= 4 is 21.6 Å². The number of hydrogen-bond donors (Lipinski definition) is 1. The van der Waals surface area contributed by atoms with Crippen LogP contribution in [-0.2, 0) is 6.42 Å². The molecule has 88 valence electrons. The molecular formula is C14H13BrFN. The van der Waals surface area contributed by atoms with Crippen LogP contribution in [0.3, 0.4) is 0 Å². The fourth-order valence-corrected chi connectivity index (χ4v) is 2.03. The van der Waals surface area contributed by atoms with Gasteiger partial charge in [-0.15, -0.1) is 0 Å². The molecule has 0 heterocycles. The van der Waals surface area contributed by atoms with Crippen molar-refractivity contribution in [2.45, 2.75) is 6.42 Å². The first kappa shape index (κ1) is 12.1. The molecule has 0 saturated carbocycles. The van der Waals surface area contributed by atoms with Gasteiger partial charge in [-0.3, -0.25) is 0 Å². The molecule has 1 nitrogen and oxygen atoms in total. The lowest BCUT2D eigenvalue weighted by Crippen LogP contribution is -2.04. The summed E-state index contributed by atoms with van der Waals surface area (Å²) >= 11 is 3.19. The summed E-state index contributed by atoms with van der Waals surface area (Å²) in [5, 5.41) is 3.32. The van der Waals surface area contributed by atoms with Crippen molar-refractivity contribution in [3.63, 3.8) is 0 Å². The molecule has 0 amide bonds. The van der Waals surface area contributed by atoms with Crippen LogP contribution < -0.4 is 5.32 Å². The van der Waals surface area contributed by atoms with E-state index in [2.05, 4.69) is 21.2 Å². The molecule has 0 saturated heterocycles. The predicted molar refractivity (Wildman–Crippen MR) is 72.7 cm³/mol. The molecule has 0 aromatic heterocycles. The van der Waals surface area contributed by atoms with E-state index in [1.807, 2.05) is 42.5 Å². The Morgan fingerprint density at radius 3 is 2.53 bits per heavy atom. The van der Waals surface area contributed by atoms with Gasteiger partial charge in [0.25, 0.3) is 0 Å². The molecule has 2 aromatic carbocycles. The van der Waals surface area contributed by atoms with E-state index < -0.39 is 0 Å². The summed E-state index contributed by atoms with van der Waals surface area (Å²) in [5.74, 6) is -0.218. The molecule has 1 N–H and O–H groups in total. The highest BCUT2D eigenvalue weighted by Crippen LogP contribution is 2.17. The Kier molecular flexibility index (Phi) is 4.15. The zero-order valence-electron chi connectivity index (χ0n) is 9.29. The predicted octanol–water partition coefficient (Wildman–Crippen LogP) is 4.24. The number of benzene rings is 2. The van der Waals surface area contributed by atoms with Crippen LogP contribution in [0.5, 0.6) is 0 Å². The molecule has 0 unspecified atom stereocenters. The molecule has 2 aromatic rings. The van der Waals surface area contributed by atoms with Crippen LogP contribution in [0.15, 0.2) is 53.0 Å². The topological polar surface area (TPSA) is 12.0 Å². The Morgan fingerprint density at radius 1 is 1.06 bits per heavy atom. The largest absolute Gasteiger partial charge is 0.385 e. The molecule has 0 aliphatic heterocycles. The second kappa shape index (κ2) is 5.82. The molecule has 0 spiro atoms. The molecule has 0 radical (unpaired) electrons. The summed E-state index contributed by atoms with van der Waals surface area (Å²) in [5.41, 5.74) is 2.22. The van der Waals surface area contributed by atoms with Crippen LogP contribution in [0, 0.1) is 5.82 Å². The van der Waals surface area contributed by atoms with E-state index in [-0.39, 0.29) is 5.82 Å². The third-order valence-corrected chi connectivity index (χ3v) is 3.11. The summed E-state index contributed by atoms with van der Waals surface area (Å²) in [4.78, 5) is 0. The monoisotopic (exact) mass is 293 g/mol. The van der Waals surface area contributed by atoms with Gasteiger partial charge < -0.3 is 5.32 Å². The van der Waals surface area contributed by atoms with Crippen molar-refractivity contribution in [3.8, 4) is 0 Å². The van der Waals surface area contributed by atoms with Gasteiger partial charge in [0.1, 0.15) is 5.82 Å². The molecule has 0 bridgehead atoms. The minimum atomic E-state index is -0.218. The number of anilines is 1. The number of para-hydroxylation sites is 1. The van der Waals surface area contributed by atoms with Gasteiger partial charge in [0.05, 0.1) is 4.47 Å². The normalized spacial score (nSPS) is 10.2. The van der Waals surface area contributed by atoms with Gasteiger partial charge in [-0.2, -0.15) is 0 Å². The first-order valence-electron chi connectivity index (χ1n) is 5.48. The molecule has 0 aliphatic rings. The van der Waals surface area contributed by atoms with Gasteiger partial charge in [0.15, 0.2) is 0 Å². The van der Waals surface area contributed by atoms with Crippen molar-refractivity contribution in [2.24, 2.45) is 0 Å². The first-order chi connectivity index (χ1) is 8.25. The van der Waals surface area contributed by atoms with Gasteiger partial charge in [-0.25, -0.2) is 4.39 Å². The van der Waals surface area contributed by atoms with Crippen molar-refractivity contribution in [3.05, 3.63) is 64.4 Å². The Balaban J connectivity index is 1.88. The Morgan fingerprint density at radius 2 is 1.82 bits per heavy atom. The van der Waals surface area contributed by atoms with E-state index in [0.29, 0.717) is 4.47 Å². The molecule has 2 rings (SSSR count). The Bertz CT molecular complexity index is 485. The maximum absolute atomic E-state index is 13.0. The zero-order valence-corrected chi connectivity index (χ0v) is 10.9.